The van der Waals surface area contributed by atoms with Crippen molar-refractivity contribution >= 4 is 0 Å². The van der Waals surface area contributed by atoms with Crippen molar-refractivity contribution in [1.82, 2.24) is 0 Å². The normalized spacial score (nSPS) is 50.2. The molecule has 2 rings (SSSR count). The molecule has 1 N–H and O–H groups in total. The van der Waals surface area contributed by atoms with Crippen LogP contribution in [0.5, 0.6) is 0 Å². The van der Waals surface area contributed by atoms with Crippen LogP contribution in [0.4, 0.5) is 0 Å². The van der Waals surface area contributed by atoms with E-state index in [0.29, 0.717) is 5.92 Å². The maximum Gasteiger partial charge on any atom is 0.0678 e. The van der Waals surface area contributed by atoms with E-state index in [1.54, 1.807) is 0 Å². The average molecular weight is 224 g/mol. The first kappa shape index (κ1) is 12.4. The Hall–Kier alpha value is -0.0400. The van der Waals surface area contributed by atoms with E-state index < -0.39 is 0 Å². The molecule has 0 bridgehead atoms. The lowest BCUT2D eigenvalue weighted by molar-refractivity contribution is -0.0853. The molecule has 0 heterocycles. The van der Waals surface area contributed by atoms with Crippen molar-refractivity contribution in [2.24, 2.45) is 23.7 Å². The smallest absolute Gasteiger partial charge is 0.0678 e. The highest BCUT2D eigenvalue weighted by Gasteiger charge is 2.42. The molecule has 0 radical (unpaired) electrons. The first-order valence-corrected chi connectivity index (χ1v) is 7.22. The van der Waals surface area contributed by atoms with Crippen LogP contribution in [0.25, 0.3) is 0 Å². The number of hydrogen-bond donors (Lipinski definition) is 1. The van der Waals surface area contributed by atoms with Gasteiger partial charge >= 0.3 is 0 Å². The summed E-state index contributed by atoms with van der Waals surface area (Å²) in [6.45, 7) is 7.02. The summed E-state index contributed by atoms with van der Waals surface area (Å²) in [7, 11) is 0. The minimum Gasteiger partial charge on any atom is -0.390 e. The summed E-state index contributed by atoms with van der Waals surface area (Å²) < 4.78 is 0. The van der Waals surface area contributed by atoms with E-state index >= 15 is 0 Å². The second kappa shape index (κ2) is 4.68. The molecule has 0 aromatic heterocycles. The third kappa shape index (κ3) is 2.61. The van der Waals surface area contributed by atoms with Gasteiger partial charge < -0.3 is 5.11 Å². The van der Waals surface area contributed by atoms with Gasteiger partial charge in [-0.3, -0.25) is 0 Å². The Morgan fingerprint density at radius 3 is 2.12 bits per heavy atom. The number of rotatable bonds is 1. The largest absolute Gasteiger partial charge is 0.390 e. The Labute approximate surface area is 101 Å². The summed E-state index contributed by atoms with van der Waals surface area (Å²) in [5.74, 6) is 2.94. The van der Waals surface area contributed by atoms with Gasteiger partial charge in [0, 0.05) is 0 Å². The fourth-order valence-electron chi connectivity index (χ4n) is 4.32. The molecule has 2 saturated carbocycles. The van der Waals surface area contributed by atoms with Crippen molar-refractivity contribution in [2.45, 2.75) is 71.3 Å². The van der Waals surface area contributed by atoms with Gasteiger partial charge in [0.05, 0.1) is 5.60 Å². The number of aliphatic hydroxyl groups is 1. The van der Waals surface area contributed by atoms with Crippen LogP contribution in [0.3, 0.4) is 0 Å². The molecule has 16 heavy (non-hydrogen) atoms. The Balaban J connectivity index is 2.04. The van der Waals surface area contributed by atoms with Crippen LogP contribution < -0.4 is 0 Å². The molecule has 1 nitrogen and oxygen atoms in total. The van der Waals surface area contributed by atoms with Crippen LogP contribution in [0.15, 0.2) is 0 Å². The predicted octanol–water partition coefficient (Wildman–Crippen LogP) is 4.00. The van der Waals surface area contributed by atoms with Crippen molar-refractivity contribution in [3.8, 4) is 0 Å². The van der Waals surface area contributed by atoms with Gasteiger partial charge in [0.25, 0.3) is 0 Å². The second-order valence-electron chi connectivity index (χ2n) is 6.92. The molecular formula is C15H28O. The van der Waals surface area contributed by atoms with Gasteiger partial charge in [-0.15, -0.1) is 0 Å². The summed E-state index contributed by atoms with van der Waals surface area (Å²) in [6.07, 6.45) is 8.54. The van der Waals surface area contributed by atoms with E-state index in [2.05, 4.69) is 20.8 Å². The van der Waals surface area contributed by atoms with Crippen LogP contribution in [0.2, 0.25) is 0 Å². The summed E-state index contributed by atoms with van der Waals surface area (Å²) in [5.41, 5.74) is -0.319. The lowest BCUT2D eigenvalue weighted by Crippen LogP contribution is -2.45. The second-order valence-corrected chi connectivity index (χ2v) is 6.92. The molecule has 1 heteroatoms. The molecule has 0 amide bonds. The molecule has 0 aliphatic heterocycles. The van der Waals surface area contributed by atoms with Crippen molar-refractivity contribution in [2.75, 3.05) is 0 Å². The van der Waals surface area contributed by atoms with E-state index in [0.717, 1.165) is 30.6 Å². The molecule has 94 valence electrons. The molecule has 0 aromatic rings. The van der Waals surface area contributed by atoms with E-state index in [-0.39, 0.29) is 5.60 Å². The molecular weight excluding hydrogens is 196 g/mol. The standard InChI is InChI=1S/C15H28O/c1-11-5-4-6-15(16,10-11)14-8-12(2)7-13(3)9-14/h11-14,16H,4-10H2,1-3H3. The van der Waals surface area contributed by atoms with Crippen LogP contribution in [0, 0.1) is 23.7 Å². The number of hydrogen-bond acceptors (Lipinski definition) is 1. The Morgan fingerprint density at radius 2 is 1.56 bits per heavy atom. The Kier molecular flexibility index (Phi) is 3.63. The lowest BCUT2D eigenvalue weighted by Gasteiger charge is -2.46. The van der Waals surface area contributed by atoms with Crippen LogP contribution in [0.1, 0.15) is 65.7 Å². The topological polar surface area (TPSA) is 20.2 Å². The molecule has 2 aliphatic rings. The first-order valence-electron chi connectivity index (χ1n) is 7.22. The van der Waals surface area contributed by atoms with Crippen molar-refractivity contribution in [3.63, 3.8) is 0 Å². The third-order valence-electron chi connectivity index (χ3n) is 4.95. The zero-order valence-corrected chi connectivity index (χ0v) is 11.2. The fourth-order valence-corrected chi connectivity index (χ4v) is 4.32. The zero-order valence-electron chi connectivity index (χ0n) is 11.2. The molecule has 0 aromatic carbocycles. The minimum absolute atomic E-state index is 0.319. The highest BCUT2D eigenvalue weighted by molar-refractivity contribution is 4.94. The highest BCUT2D eigenvalue weighted by atomic mass is 16.3. The lowest BCUT2D eigenvalue weighted by atomic mass is 9.64. The summed E-state index contributed by atoms with van der Waals surface area (Å²) in [6, 6.07) is 0. The molecule has 0 saturated heterocycles. The zero-order chi connectivity index (χ0) is 11.8. The van der Waals surface area contributed by atoms with E-state index in [9.17, 15) is 5.11 Å². The van der Waals surface area contributed by atoms with E-state index in [4.69, 9.17) is 0 Å². The molecule has 0 spiro atoms. The van der Waals surface area contributed by atoms with Gasteiger partial charge in [-0.25, -0.2) is 0 Å². The first-order chi connectivity index (χ1) is 7.49. The van der Waals surface area contributed by atoms with Gasteiger partial charge in [0.15, 0.2) is 0 Å². The van der Waals surface area contributed by atoms with E-state index in [1.807, 2.05) is 0 Å². The van der Waals surface area contributed by atoms with Gasteiger partial charge in [0.1, 0.15) is 0 Å². The molecule has 2 fully saturated rings. The van der Waals surface area contributed by atoms with Crippen LogP contribution in [-0.2, 0) is 0 Å². The van der Waals surface area contributed by atoms with Crippen molar-refractivity contribution < 1.29 is 5.11 Å². The van der Waals surface area contributed by atoms with Crippen LogP contribution in [-0.4, -0.2) is 10.7 Å². The van der Waals surface area contributed by atoms with Gasteiger partial charge in [-0.05, 0) is 55.8 Å². The fraction of sp³-hybridized carbons (Fsp3) is 1.00. The molecule has 2 aliphatic carbocycles. The predicted molar refractivity (Wildman–Crippen MR) is 68.3 cm³/mol. The Bertz CT molecular complexity index is 228. The van der Waals surface area contributed by atoms with Gasteiger partial charge in [-0.1, -0.05) is 33.6 Å². The summed E-state index contributed by atoms with van der Waals surface area (Å²) in [5, 5.41) is 10.9. The Morgan fingerprint density at radius 1 is 0.938 bits per heavy atom. The summed E-state index contributed by atoms with van der Waals surface area (Å²) in [4.78, 5) is 0. The molecule has 4 atom stereocenters. The van der Waals surface area contributed by atoms with Gasteiger partial charge in [0.2, 0.25) is 0 Å². The quantitative estimate of drug-likeness (QED) is 0.714. The van der Waals surface area contributed by atoms with E-state index in [1.165, 1.54) is 32.1 Å². The van der Waals surface area contributed by atoms with Gasteiger partial charge in [-0.2, -0.15) is 0 Å². The minimum atomic E-state index is -0.319. The average Bonchev–Trinajstić information content (AvgIpc) is 2.15. The summed E-state index contributed by atoms with van der Waals surface area (Å²) >= 11 is 0. The van der Waals surface area contributed by atoms with Crippen molar-refractivity contribution in [1.29, 1.82) is 0 Å². The van der Waals surface area contributed by atoms with Crippen LogP contribution >= 0.6 is 0 Å². The SMILES string of the molecule is CC1CC(C)CC(C2(O)CCCC(C)C2)C1. The molecule has 4 unspecified atom stereocenters. The maximum absolute atomic E-state index is 10.9. The third-order valence-corrected chi connectivity index (χ3v) is 4.95. The monoisotopic (exact) mass is 224 g/mol. The van der Waals surface area contributed by atoms with Crippen molar-refractivity contribution in [3.05, 3.63) is 0 Å². The maximum atomic E-state index is 10.9. The highest BCUT2D eigenvalue weighted by Crippen LogP contribution is 2.45.